The van der Waals surface area contributed by atoms with Crippen molar-refractivity contribution in [3.63, 3.8) is 0 Å². The van der Waals surface area contributed by atoms with Gasteiger partial charge >= 0.3 is 5.97 Å². The van der Waals surface area contributed by atoms with E-state index in [4.69, 9.17) is 5.10 Å². The van der Waals surface area contributed by atoms with Crippen LogP contribution in [0.25, 0.3) is 16.9 Å². The molecule has 2 aromatic heterocycles. The van der Waals surface area contributed by atoms with E-state index in [9.17, 15) is 9.90 Å². The van der Waals surface area contributed by atoms with Crippen molar-refractivity contribution in [2.75, 3.05) is 5.32 Å². The Morgan fingerprint density at radius 1 is 1.06 bits per heavy atom. The second kappa shape index (κ2) is 8.44. The zero-order chi connectivity index (χ0) is 22.0. The van der Waals surface area contributed by atoms with Gasteiger partial charge in [0.2, 0.25) is 0 Å². The predicted molar refractivity (Wildman–Crippen MR) is 122 cm³/mol. The molecule has 4 rings (SSSR count). The molecule has 0 radical (unpaired) electrons. The van der Waals surface area contributed by atoms with Crippen LogP contribution in [0.15, 0.2) is 66.9 Å². The summed E-state index contributed by atoms with van der Waals surface area (Å²) in [5.74, 6) is -0.291. The van der Waals surface area contributed by atoms with Gasteiger partial charge in [0.15, 0.2) is 0 Å². The largest absolute Gasteiger partial charge is 0.478 e. The fourth-order valence-corrected chi connectivity index (χ4v) is 3.51. The number of carboxylic acids is 1. The van der Waals surface area contributed by atoms with E-state index in [0.717, 1.165) is 40.2 Å². The number of anilines is 2. The normalized spacial score (nSPS) is 10.8. The average Bonchev–Trinajstić information content (AvgIpc) is 3.19. The van der Waals surface area contributed by atoms with Crippen LogP contribution in [0.5, 0.6) is 0 Å². The van der Waals surface area contributed by atoms with Crippen LogP contribution < -0.4 is 5.32 Å². The highest BCUT2D eigenvalue weighted by Crippen LogP contribution is 2.30. The summed E-state index contributed by atoms with van der Waals surface area (Å²) in [6.45, 7) is 5.97. The van der Waals surface area contributed by atoms with E-state index >= 15 is 0 Å². The molecule has 0 aliphatic heterocycles. The lowest BCUT2D eigenvalue weighted by Gasteiger charge is -2.13. The lowest BCUT2D eigenvalue weighted by Crippen LogP contribution is -2.07. The van der Waals surface area contributed by atoms with Crippen LogP contribution in [0.3, 0.4) is 0 Å². The number of hydrogen-bond acceptors (Lipinski definition) is 4. The summed E-state index contributed by atoms with van der Waals surface area (Å²) in [7, 11) is 0. The Hall–Kier alpha value is -3.93. The van der Waals surface area contributed by atoms with Gasteiger partial charge in [-0.15, -0.1) is 0 Å². The number of rotatable bonds is 6. The average molecular weight is 412 g/mol. The summed E-state index contributed by atoms with van der Waals surface area (Å²) in [6, 6.07) is 19.2. The Bertz CT molecular complexity index is 1260. The van der Waals surface area contributed by atoms with E-state index in [1.807, 2.05) is 67.1 Å². The number of nitrogens with zero attached hydrogens (tertiary/aromatic N) is 3. The Morgan fingerprint density at radius 3 is 2.61 bits per heavy atom. The Labute approximate surface area is 181 Å². The smallest absolute Gasteiger partial charge is 0.337 e. The maximum absolute atomic E-state index is 11.8. The van der Waals surface area contributed by atoms with E-state index in [-0.39, 0.29) is 5.56 Å². The number of hydrogen-bond donors (Lipinski definition) is 2. The minimum Gasteiger partial charge on any atom is -0.478 e. The van der Waals surface area contributed by atoms with Crippen LogP contribution in [0.1, 0.15) is 34.1 Å². The first-order valence-corrected chi connectivity index (χ1v) is 10.2. The number of aromatic carboxylic acids is 1. The summed E-state index contributed by atoms with van der Waals surface area (Å²) in [5.41, 5.74) is 6.34. The van der Waals surface area contributed by atoms with Crippen molar-refractivity contribution in [3.8, 4) is 16.9 Å². The van der Waals surface area contributed by atoms with Gasteiger partial charge in [0, 0.05) is 23.5 Å². The second-order valence-corrected chi connectivity index (χ2v) is 7.48. The first-order valence-electron chi connectivity index (χ1n) is 10.2. The maximum Gasteiger partial charge on any atom is 0.337 e. The van der Waals surface area contributed by atoms with Gasteiger partial charge < -0.3 is 10.4 Å². The van der Waals surface area contributed by atoms with E-state index in [1.54, 1.807) is 18.3 Å². The topological polar surface area (TPSA) is 80.0 Å². The van der Waals surface area contributed by atoms with Crippen LogP contribution in [0.2, 0.25) is 0 Å². The first-order chi connectivity index (χ1) is 15.0. The molecule has 2 N–H and O–H groups in total. The number of nitrogens with one attached hydrogen (secondary N) is 1. The molecule has 31 heavy (non-hydrogen) atoms. The van der Waals surface area contributed by atoms with Crippen molar-refractivity contribution < 1.29 is 9.90 Å². The Morgan fingerprint density at radius 2 is 1.87 bits per heavy atom. The third-order valence-electron chi connectivity index (χ3n) is 5.20. The zero-order valence-electron chi connectivity index (χ0n) is 17.8. The molecule has 0 bridgehead atoms. The molecule has 0 amide bonds. The molecule has 0 aliphatic carbocycles. The van der Waals surface area contributed by atoms with Crippen molar-refractivity contribution in [1.82, 2.24) is 14.8 Å². The van der Waals surface area contributed by atoms with Gasteiger partial charge in [-0.3, -0.25) is 4.98 Å². The first kappa shape index (κ1) is 20.3. The van der Waals surface area contributed by atoms with Gasteiger partial charge in [-0.05, 0) is 56.2 Å². The van der Waals surface area contributed by atoms with Gasteiger partial charge in [0.25, 0.3) is 0 Å². The number of carboxylic acid groups (broad SMARTS) is 1. The molecule has 0 atom stereocenters. The summed E-state index contributed by atoms with van der Waals surface area (Å²) in [5, 5.41) is 17.8. The molecule has 0 aliphatic rings. The zero-order valence-corrected chi connectivity index (χ0v) is 17.8. The molecule has 0 saturated heterocycles. The van der Waals surface area contributed by atoms with Gasteiger partial charge in [0.05, 0.1) is 22.6 Å². The summed E-state index contributed by atoms with van der Waals surface area (Å²) < 4.78 is 1.82. The third-order valence-corrected chi connectivity index (χ3v) is 5.20. The number of aromatic nitrogens is 3. The minimum absolute atomic E-state index is 0.219. The van der Waals surface area contributed by atoms with Crippen LogP contribution in [0.4, 0.5) is 11.5 Å². The van der Waals surface area contributed by atoms with E-state index in [2.05, 4.69) is 17.2 Å². The molecule has 2 heterocycles. The quantitative estimate of drug-likeness (QED) is 0.434. The molecule has 156 valence electrons. The lowest BCUT2D eigenvalue weighted by atomic mass is 10.1. The van der Waals surface area contributed by atoms with Crippen molar-refractivity contribution in [2.45, 2.75) is 27.2 Å². The van der Waals surface area contributed by atoms with E-state index < -0.39 is 5.97 Å². The van der Waals surface area contributed by atoms with Crippen LogP contribution in [-0.2, 0) is 6.42 Å². The summed E-state index contributed by atoms with van der Waals surface area (Å²) in [6.07, 6.45) is 2.62. The van der Waals surface area contributed by atoms with Crippen LogP contribution >= 0.6 is 0 Å². The monoisotopic (exact) mass is 412 g/mol. The fourth-order valence-electron chi connectivity index (χ4n) is 3.51. The SMILES string of the molecule is CCc1cc(-c2cc(Nc3ccc(C)cc3C(=O)O)n(-c3ccccc3C)n2)ccn1. The fraction of sp³-hybridized carbons (Fsp3) is 0.160. The number of benzene rings is 2. The van der Waals surface area contributed by atoms with Crippen molar-refractivity contribution in [1.29, 1.82) is 0 Å². The highest BCUT2D eigenvalue weighted by molar-refractivity contribution is 5.95. The lowest BCUT2D eigenvalue weighted by molar-refractivity contribution is 0.0698. The van der Waals surface area contributed by atoms with E-state index in [0.29, 0.717) is 11.5 Å². The summed E-state index contributed by atoms with van der Waals surface area (Å²) in [4.78, 5) is 16.2. The molecule has 6 nitrogen and oxygen atoms in total. The van der Waals surface area contributed by atoms with E-state index in [1.165, 1.54) is 0 Å². The molecule has 6 heteroatoms. The molecule has 0 saturated carbocycles. The molecular weight excluding hydrogens is 388 g/mol. The standard InChI is InChI=1S/C25H24N4O2/c1-4-19-14-18(11-12-26-19)22-15-24(29(28-22)23-8-6-5-7-17(23)3)27-21-10-9-16(2)13-20(21)25(30)31/h5-15,27H,4H2,1-3H3,(H,30,31). The second-order valence-electron chi connectivity index (χ2n) is 7.48. The third kappa shape index (κ3) is 4.19. The number of pyridine rings is 1. The van der Waals surface area contributed by atoms with Crippen molar-refractivity contribution in [3.05, 3.63) is 89.2 Å². The van der Waals surface area contributed by atoms with Crippen LogP contribution in [0, 0.1) is 13.8 Å². The number of carbonyl (C=O) groups is 1. The van der Waals surface area contributed by atoms with Gasteiger partial charge in [-0.1, -0.05) is 36.8 Å². The number of para-hydroxylation sites is 1. The van der Waals surface area contributed by atoms with Crippen LogP contribution in [-0.4, -0.2) is 25.8 Å². The molecule has 4 aromatic rings. The maximum atomic E-state index is 11.8. The van der Waals surface area contributed by atoms with Gasteiger partial charge in [0.1, 0.15) is 5.82 Å². The highest BCUT2D eigenvalue weighted by atomic mass is 16.4. The molecule has 0 spiro atoms. The summed E-state index contributed by atoms with van der Waals surface area (Å²) >= 11 is 0. The Kier molecular flexibility index (Phi) is 5.54. The number of aryl methyl sites for hydroxylation is 3. The predicted octanol–water partition coefficient (Wildman–Crippen LogP) is 5.56. The highest BCUT2D eigenvalue weighted by Gasteiger charge is 2.17. The molecule has 2 aromatic carbocycles. The van der Waals surface area contributed by atoms with Gasteiger partial charge in [-0.25, -0.2) is 9.48 Å². The molecule has 0 unspecified atom stereocenters. The minimum atomic E-state index is -0.977. The molecule has 0 fully saturated rings. The van der Waals surface area contributed by atoms with Crippen molar-refractivity contribution in [2.24, 2.45) is 0 Å². The Balaban J connectivity index is 1.86. The van der Waals surface area contributed by atoms with Gasteiger partial charge in [-0.2, -0.15) is 5.10 Å². The molecular formula is C25H24N4O2. The van der Waals surface area contributed by atoms with Crippen molar-refractivity contribution >= 4 is 17.5 Å².